The van der Waals surface area contributed by atoms with Crippen molar-refractivity contribution >= 4 is 38.9 Å². The molecule has 0 radical (unpaired) electrons. The first-order valence-corrected chi connectivity index (χ1v) is 10.5. The predicted molar refractivity (Wildman–Crippen MR) is 112 cm³/mol. The summed E-state index contributed by atoms with van der Waals surface area (Å²) < 4.78 is 40.1. The summed E-state index contributed by atoms with van der Waals surface area (Å²) in [5.74, 6) is -0.727. The van der Waals surface area contributed by atoms with E-state index < -0.39 is 15.8 Å². The molecule has 0 aromatic heterocycles. The Bertz CT molecular complexity index is 1130. The van der Waals surface area contributed by atoms with E-state index in [4.69, 9.17) is 11.6 Å². The predicted octanol–water partition coefficient (Wildman–Crippen LogP) is 4.77. The van der Waals surface area contributed by atoms with Gasteiger partial charge in [-0.2, -0.15) is 0 Å². The van der Waals surface area contributed by atoms with Crippen molar-refractivity contribution in [3.05, 3.63) is 88.7 Å². The highest BCUT2D eigenvalue weighted by Gasteiger charge is 2.14. The molecule has 8 heteroatoms. The van der Waals surface area contributed by atoms with E-state index in [1.807, 2.05) is 13.0 Å². The van der Waals surface area contributed by atoms with Crippen molar-refractivity contribution in [3.8, 4) is 0 Å². The van der Waals surface area contributed by atoms with Gasteiger partial charge in [-0.3, -0.25) is 9.52 Å². The van der Waals surface area contributed by atoms with Gasteiger partial charge in [0.2, 0.25) is 5.91 Å². The van der Waals surface area contributed by atoms with Gasteiger partial charge in [0.1, 0.15) is 5.82 Å². The van der Waals surface area contributed by atoms with E-state index in [1.165, 1.54) is 12.1 Å². The first-order chi connectivity index (χ1) is 13.7. The monoisotopic (exact) mass is 432 g/mol. The van der Waals surface area contributed by atoms with E-state index in [-0.39, 0.29) is 17.2 Å². The topological polar surface area (TPSA) is 75.3 Å². The second kappa shape index (κ2) is 8.63. The minimum Gasteiger partial charge on any atom is -0.326 e. The van der Waals surface area contributed by atoms with Gasteiger partial charge >= 0.3 is 0 Å². The lowest BCUT2D eigenvalue weighted by Crippen LogP contribution is -2.15. The maximum Gasteiger partial charge on any atom is 0.261 e. The third kappa shape index (κ3) is 5.56. The summed E-state index contributed by atoms with van der Waals surface area (Å²) in [5, 5.41) is 3.34. The Balaban J connectivity index is 1.64. The molecule has 29 heavy (non-hydrogen) atoms. The zero-order chi connectivity index (χ0) is 21.0. The summed E-state index contributed by atoms with van der Waals surface area (Å²) >= 11 is 5.96. The number of hydrogen-bond donors (Lipinski definition) is 2. The molecule has 0 heterocycles. The second-order valence-electron chi connectivity index (χ2n) is 6.44. The lowest BCUT2D eigenvalue weighted by atomic mass is 10.1. The zero-order valence-corrected chi connectivity index (χ0v) is 17.0. The maximum absolute atomic E-state index is 13.0. The molecule has 0 aliphatic heterocycles. The summed E-state index contributed by atoms with van der Waals surface area (Å²) in [6, 6.07) is 16.2. The first-order valence-electron chi connectivity index (χ1n) is 8.66. The Kier molecular flexibility index (Phi) is 6.20. The van der Waals surface area contributed by atoms with Gasteiger partial charge in [0.15, 0.2) is 0 Å². The zero-order valence-electron chi connectivity index (χ0n) is 15.4. The lowest BCUT2D eigenvalue weighted by molar-refractivity contribution is -0.115. The van der Waals surface area contributed by atoms with Gasteiger partial charge < -0.3 is 5.32 Å². The average Bonchev–Trinajstić information content (AvgIpc) is 2.66. The Hall–Kier alpha value is -2.90. The van der Waals surface area contributed by atoms with E-state index in [9.17, 15) is 17.6 Å². The Morgan fingerprint density at radius 1 is 1.00 bits per heavy atom. The van der Waals surface area contributed by atoms with Crippen molar-refractivity contribution in [1.29, 1.82) is 0 Å². The van der Waals surface area contributed by atoms with Gasteiger partial charge in [-0.15, -0.1) is 0 Å². The Morgan fingerprint density at radius 3 is 2.31 bits per heavy atom. The van der Waals surface area contributed by atoms with Gasteiger partial charge in [0, 0.05) is 16.4 Å². The average molecular weight is 433 g/mol. The molecule has 0 aliphatic carbocycles. The second-order valence-corrected chi connectivity index (χ2v) is 8.56. The van der Waals surface area contributed by atoms with Crippen LogP contribution in [0.5, 0.6) is 0 Å². The highest BCUT2D eigenvalue weighted by molar-refractivity contribution is 7.92. The van der Waals surface area contributed by atoms with Crippen LogP contribution in [0.15, 0.2) is 71.6 Å². The fourth-order valence-electron chi connectivity index (χ4n) is 2.63. The van der Waals surface area contributed by atoms with Crippen LogP contribution in [0.25, 0.3) is 0 Å². The molecule has 1 amide bonds. The van der Waals surface area contributed by atoms with Crippen molar-refractivity contribution in [2.45, 2.75) is 18.2 Å². The van der Waals surface area contributed by atoms with Crippen LogP contribution < -0.4 is 10.0 Å². The van der Waals surface area contributed by atoms with Crippen LogP contribution in [0.3, 0.4) is 0 Å². The fraction of sp³-hybridized carbons (Fsp3) is 0.0952. The van der Waals surface area contributed by atoms with Crippen LogP contribution in [-0.2, 0) is 21.2 Å². The van der Waals surface area contributed by atoms with Gasteiger partial charge in [0.25, 0.3) is 10.0 Å². The number of hydrogen-bond acceptors (Lipinski definition) is 3. The molecule has 0 atom stereocenters. The largest absolute Gasteiger partial charge is 0.326 e. The highest BCUT2D eigenvalue weighted by Crippen LogP contribution is 2.21. The van der Waals surface area contributed by atoms with E-state index in [2.05, 4.69) is 10.0 Å². The minimum absolute atomic E-state index is 0.0424. The number of nitrogens with one attached hydrogen (secondary N) is 2. The molecule has 0 aliphatic rings. The minimum atomic E-state index is -3.82. The Morgan fingerprint density at radius 2 is 1.66 bits per heavy atom. The summed E-state index contributed by atoms with van der Waals surface area (Å²) in [6.07, 6.45) is 0.122. The van der Waals surface area contributed by atoms with Crippen molar-refractivity contribution in [3.63, 3.8) is 0 Å². The molecule has 3 rings (SSSR count). The van der Waals surface area contributed by atoms with E-state index in [0.29, 0.717) is 22.0 Å². The van der Waals surface area contributed by atoms with E-state index in [1.54, 1.807) is 36.4 Å². The van der Waals surface area contributed by atoms with Crippen molar-refractivity contribution in [1.82, 2.24) is 0 Å². The third-order valence-corrected chi connectivity index (χ3v) is 5.80. The van der Waals surface area contributed by atoms with Gasteiger partial charge in [-0.05, 0) is 66.6 Å². The molecule has 150 valence electrons. The molecule has 0 unspecified atom stereocenters. The molecular formula is C21H18ClFN2O3S. The maximum atomic E-state index is 13.0. The number of sulfonamides is 1. The summed E-state index contributed by atoms with van der Waals surface area (Å²) in [4.78, 5) is 12.2. The summed E-state index contributed by atoms with van der Waals surface area (Å²) in [5.41, 5.74) is 2.59. The van der Waals surface area contributed by atoms with Crippen molar-refractivity contribution < 1.29 is 17.6 Å². The van der Waals surface area contributed by atoms with Crippen LogP contribution in [-0.4, -0.2) is 14.3 Å². The molecule has 0 saturated carbocycles. The molecule has 3 aromatic carbocycles. The molecule has 0 saturated heterocycles. The van der Waals surface area contributed by atoms with Gasteiger partial charge in [-0.25, -0.2) is 12.8 Å². The molecule has 0 spiro atoms. The van der Waals surface area contributed by atoms with Crippen molar-refractivity contribution in [2.75, 3.05) is 10.0 Å². The number of anilines is 2. The molecule has 5 nitrogen and oxygen atoms in total. The number of rotatable bonds is 6. The first kappa shape index (κ1) is 20.8. The standard InChI is InChI=1S/C21H18ClFN2O3S/c1-14-2-5-16(22)13-20(14)24-21(26)12-15-3-8-18(9-4-15)25-29(27,28)19-10-6-17(23)7-11-19/h2-11,13,25H,12H2,1H3,(H,24,26). The van der Waals surface area contributed by atoms with Gasteiger partial charge in [-0.1, -0.05) is 29.8 Å². The fourth-order valence-corrected chi connectivity index (χ4v) is 3.86. The summed E-state index contributed by atoms with van der Waals surface area (Å²) in [6.45, 7) is 1.87. The Labute approximate surface area is 173 Å². The molecule has 0 fully saturated rings. The van der Waals surface area contributed by atoms with Crippen LogP contribution in [0.2, 0.25) is 5.02 Å². The highest BCUT2D eigenvalue weighted by atomic mass is 35.5. The van der Waals surface area contributed by atoms with Crippen LogP contribution in [0.1, 0.15) is 11.1 Å². The van der Waals surface area contributed by atoms with Crippen LogP contribution >= 0.6 is 11.6 Å². The number of benzene rings is 3. The molecule has 0 bridgehead atoms. The van der Waals surface area contributed by atoms with E-state index >= 15 is 0 Å². The number of amides is 1. The lowest BCUT2D eigenvalue weighted by Gasteiger charge is -2.10. The number of halogens is 2. The van der Waals surface area contributed by atoms with Gasteiger partial charge in [0.05, 0.1) is 11.3 Å². The normalized spacial score (nSPS) is 11.1. The SMILES string of the molecule is Cc1ccc(Cl)cc1NC(=O)Cc1ccc(NS(=O)(=O)c2ccc(F)cc2)cc1. The quantitative estimate of drug-likeness (QED) is 0.589. The molecule has 3 aromatic rings. The number of aryl methyl sites for hydroxylation is 1. The number of carbonyl (C=O) groups is 1. The van der Waals surface area contributed by atoms with Crippen LogP contribution in [0, 0.1) is 12.7 Å². The number of carbonyl (C=O) groups excluding carboxylic acids is 1. The van der Waals surface area contributed by atoms with Crippen molar-refractivity contribution in [2.24, 2.45) is 0 Å². The van der Waals surface area contributed by atoms with Crippen LogP contribution in [0.4, 0.5) is 15.8 Å². The van der Waals surface area contributed by atoms with E-state index in [0.717, 1.165) is 17.7 Å². The smallest absolute Gasteiger partial charge is 0.261 e. The molecular weight excluding hydrogens is 415 g/mol. The summed E-state index contributed by atoms with van der Waals surface area (Å²) in [7, 11) is -3.82. The third-order valence-electron chi connectivity index (χ3n) is 4.17. The molecule has 2 N–H and O–H groups in total.